The topological polar surface area (TPSA) is 96.6 Å². The molecule has 2 rings (SSSR count). The summed E-state index contributed by atoms with van der Waals surface area (Å²) in [5.41, 5.74) is 0.780. The van der Waals surface area contributed by atoms with Crippen molar-refractivity contribution in [3.8, 4) is 0 Å². The lowest BCUT2D eigenvalue weighted by molar-refractivity contribution is -0.136. The molecule has 0 saturated heterocycles. The first-order chi connectivity index (χ1) is 9.97. The highest BCUT2D eigenvalue weighted by molar-refractivity contribution is 7.89. The second-order valence-corrected chi connectivity index (χ2v) is 6.21. The van der Waals surface area contributed by atoms with E-state index >= 15 is 0 Å². The molecule has 0 atom stereocenters. The first-order valence-corrected chi connectivity index (χ1v) is 7.78. The van der Waals surface area contributed by atoms with Crippen LogP contribution in [0.5, 0.6) is 0 Å². The maximum absolute atomic E-state index is 12.1. The van der Waals surface area contributed by atoms with Crippen molar-refractivity contribution in [2.75, 3.05) is 0 Å². The van der Waals surface area contributed by atoms with Crippen LogP contribution in [0.3, 0.4) is 0 Å². The molecule has 0 radical (unpaired) electrons. The van der Waals surface area contributed by atoms with Gasteiger partial charge in [0.25, 0.3) is 0 Å². The van der Waals surface area contributed by atoms with Crippen LogP contribution in [-0.2, 0) is 27.8 Å². The van der Waals surface area contributed by atoms with Crippen molar-refractivity contribution in [1.29, 1.82) is 0 Å². The largest absolute Gasteiger partial charge is 0.481 e. The normalized spacial score (nSPS) is 11.4. The van der Waals surface area contributed by atoms with E-state index < -0.39 is 16.0 Å². The average molecular weight is 309 g/mol. The van der Waals surface area contributed by atoms with Crippen LogP contribution in [-0.4, -0.2) is 19.5 Å². The molecule has 0 amide bonds. The summed E-state index contributed by atoms with van der Waals surface area (Å²) in [5, 5.41) is 8.60. The monoisotopic (exact) mass is 309 g/mol. The van der Waals surface area contributed by atoms with E-state index in [0.29, 0.717) is 12.2 Å². The van der Waals surface area contributed by atoms with Gasteiger partial charge in [0.2, 0.25) is 10.0 Å². The van der Waals surface area contributed by atoms with Gasteiger partial charge >= 0.3 is 5.97 Å². The number of aryl methyl sites for hydroxylation is 1. The van der Waals surface area contributed by atoms with Gasteiger partial charge < -0.3 is 9.52 Å². The minimum atomic E-state index is -3.61. The summed E-state index contributed by atoms with van der Waals surface area (Å²) >= 11 is 0. The summed E-state index contributed by atoms with van der Waals surface area (Å²) in [6, 6.07) is 9.51. The van der Waals surface area contributed by atoms with Crippen LogP contribution in [0.25, 0.3) is 0 Å². The lowest BCUT2D eigenvalue weighted by Crippen LogP contribution is -2.23. The number of carbonyl (C=O) groups is 1. The molecule has 2 N–H and O–H groups in total. The quantitative estimate of drug-likeness (QED) is 0.812. The van der Waals surface area contributed by atoms with Crippen molar-refractivity contribution < 1.29 is 22.7 Å². The number of furan rings is 1. The fourth-order valence-corrected chi connectivity index (χ4v) is 2.74. The Morgan fingerprint density at radius 1 is 1.19 bits per heavy atom. The van der Waals surface area contributed by atoms with Gasteiger partial charge in [0.05, 0.1) is 17.7 Å². The Bertz CT molecular complexity index is 689. The molecule has 0 bridgehead atoms. The van der Waals surface area contributed by atoms with Crippen molar-refractivity contribution >= 4 is 16.0 Å². The molecule has 0 fully saturated rings. The van der Waals surface area contributed by atoms with Crippen molar-refractivity contribution in [1.82, 2.24) is 4.72 Å². The van der Waals surface area contributed by atoms with Gasteiger partial charge in [0, 0.05) is 6.42 Å². The zero-order chi connectivity index (χ0) is 15.3. The minimum absolute atomic E-state index is 0.0167. The van der Waals surface area contributed by atoms with Gasteiger partial charge in [-0.3, -0.25) is 4.79 Å². The molecule has 0 aliphatic carbocycles. The molecule has 0 aliphatic rings. The molecule has 6 nitrogen and oxygen atoms in total. The predicted octanol–water partition coefficient (Wildman–Crippen LogP) is 1.78. The molecule has 1 aromatic carbocycles. The Hall–Kier alpha value is -2.12. The standard InChI is InChI=1S/C14H15NO5S/c16-14(17)8-5-11-3-6-13(7-4-11)21(18,19)15-10-12-2-1-9-20-12/h1-4,6-7,9,15H,5,8,10H2,(H,16,17). The molecule has 0 spiro atoms. The third-order valence-corrected chi connectivity index (χ3v) is 4.29. The Balaban J connectivity index is 2.01. The molecule has 0 aliphatic heterocycles. The van der Waals surface area contributed by atoms with Crippen molar-refractivity contribution in [2.24, 2.45) is 0 Å². The molecule has 1 heterocycles. The Morgan fingerprint density at radius 2 is 1.90 bits per heavy atom. The third-order valence-electron chi connectivity index (χ3n) is 2.88. The maximum atomic E-state index is 12.1. The lowest BCUT2D eigenvalue weighted by atomic mass is 10.1. The number of hydrogen-bond donors (Lipinski definition) is 2. The fraction of sp³-hybridized carbons (Fsp3) is 0.214. The number of nitrogens with one attached hydrogen (secondary N) is 1. The zero-order valence-electron chi connectivity index (χ0n) is 11.2. The smallest absolute Gasteiger partial charge is 0.303 e. The van der Waals surface area contributed by atoms with Crippen LogP contribution in [0.15, 0.2) is 52.0 Å². The zero-order valence-corrected chi connectivity index (χ0v) is 12.0. The summed E-state index contributed by atoms with van der Waals surface area (Å²) < 4.78 is 31.6. The fourth-order valence-electron chi connectivity index (χ4n) is 1.75. The number of hydrogen-bond acceptors (Lipinski definition) is 4. The van der Waals surface area contributed by atoms with Crippen LogP contribution in [0.4, 0.5) is 0 Å². The van der Waals surface area contributed by atoms with Gasteiger partial charge in [0.15, 0.2) is 0 Å². The highest BCUT2D eigenvalue weighted by atomic mass is 32.2. The second kappa shape index (κ2) is 6.55. The molecule has 21 heavy (non-hydrogen) atoms. The molecule has 2 aromatic rings. The highest BCUT2D eigenvalue weighted by Gasteiger charge is 2.14. The lowest BCUT2D eigenvalue weighted by Gasteiger charge is -2.06. The first-order valence-electron chi connectivity index (χ1n) is 6.30. The number of carboxylic acids is 1. The minimum Gasteiger partial charge on any atom is -0.481 e. The molecule has 0 saturated carbocycles. The van der Waals surface area contributed by atoms with Crippen LogP contribution >= 0.6 is 0 Å². The van der Waals surface area contributed by atoms with Crippen LogP contribution < -0.4 is 4.72 Å². The van der Waals surface area contributed by atoms with Gasteiger partial charge in [-0.05, 0) is 36.2 Å². The van der Waals surface area contributed by atoms with Gasteiger partial charge in [-0.2, -0.15) is 0 Å². The first kappa shape index (κ1) is 15.3. The van der Waals surface area contributed by atoms with Gasteiger partial charge in [0.1, 0.15) is 5.76 Å². The number of sulfonamides is 1. The van der Waals surface area contributed by atoms with E-state index in [0.717, 1.165) is 5.56 Å². The molecular weight excluding hydrogens is 294 g/mol. The summed E-state index contributed by atoms with van der Waals surface area (Å²) in [4.78, 5) is 10.6. The van der Waals surface area contributed by atoms with Crippen molar-refractivity contribution in [2.45, 2.75) is 24.3 Å². The van der Waals surface area contributed by atoms with Gasteiger partial charge in [-0.1, -0.05) is 12.1 Å². The van der Waals surface area contributed by atoms with E-state index in [-0.39, 0.29) is 17.9 Å². The summed E-state index contributed by atoms with van der Waals surface area (Å²) in [6.45, 7) is 0.0795. The summed E-state index contributed by atoms with van der Waals surface area (Å²) in [7, 11) is -3.61. The number of aliphatic carboxylic acids is 1. The molecule has 1 aromatic heterocycles. The van der Waals surface area contributed by atoms with Crippen LogP contribution in [0.1, 0.15) is 17.7 Å². The van der Waals surface area contributed by atoms with Crippen LogP contribution in [0, 0.1) is 0 Å². The third kappa shape index (κ3) is 4.44. The highest BCUT2D eigenvalue weighted by Crippen LogP contribution is 2.12. The second-order valence-electron chi connectivity index (χ2n) is 4.44. The predicted molar refractivity (Wildman–Crippen MR) is 75.1 cm³/mol. The Labute approximate surface area is 122 Å². The SMILES string of the molecule is O=C(O)CCc1ccc(S(=O)(=O)NCc2ccco2)cc1. The van der Waals surface area contributed by atoms with E-state index in [1.54, 1.807) is 24.3 Å². The summed E-state index contributed by atoms with van der Waals surface area (Å²) in [6.07, 6.45) is 1.86. The Morgan fingerprint density at radius 3 is 2.48 bits per heavy atom. The molecule has 112 valence electrons. The van der Waals surface area contributed by atoms with E-state index in [9.17, 15) is 13.2 Å². The van der Waals surface area contributed by atoms with E-state index in [1.807, 2.05) is 0 Å². The molecular formula is C14H15NO5S. The van der Waals surface area contributed by atoms with Crippen molar-refractivity contribution in [3.05, 3.63) is 54.0 Å². The maximum Gasteiger partial charge on any atom is 0.303 e. The van der Waals surface area contributed by atoms with E-state index in [4.69, 9.17) is 9.52 Å². The van der Waals surface area contributed by atoms with Gasteiger partial charge in [-0.15, -0.1) is 0 Å². The van der Waals surface area contributed by atoms with Crippen LogP contribution in [0.2, 0.25) is 0 Å². The van der Waals surface area contributed by atoms with Crippen molar-refractivity contribution in [3.63, 3.8) is 0 Å². The number of rotatable bonds is 7. The van der Waals surface area contributed by atoms with Gasteiger partial charge in [-0.25, -0.2) is 13.1 Å². The molecule has 0 unspecified atom stereocenters. The Kier molecular flexibility index (Phi) is 4.77. The molecule has 7 heteroatoms. The number of carboxylic acid groups (broad SMARTS) is 1. The van der Waals surface area contributed by atoms with E-state index in [1.165, 1.54) is 18.4 Å². The number of benzene rings is 1. The average Bonchev–Trinajstić information content (AvgIpc) is 2.97. The summed E-state index contributed by atoms with van der Waals surface area (Å²) in [5.74, 6) is -0.358. The van der Waals surface area contributed by atoms with E-state index in [2.05, 4.69) is 4.72 Å².